The summed E-state index contributed by atoms with van der Waals surface area (Å²) in [7, 11) is 3.45. The van der Waals surface area contributed by atoms with E-state index in [9.17, 15) is 0 Å². The van der Waals surface area contributed by atoms with E-state index >= 15 is 0 Å². The van der Waals surface area contributed by atoms with E-state index in [1.807, 2.05) is 24.3 Å². The normalized spacial score (nSPS) is 18.9. The predicted molar refractivity (Wildman–Crippen MR) is 80.2 cm³/mol. The van der Waals surface area contributed by atoms with E-state index in [-0.39, 0.29) is 0 Å². The van der Waals surface area contributed by atoms with Crippen LogP contribution in [0.5, 0.6) is 5.75 Å². The summed E-state index contributed by atoms with van der Waals surface area (Å²) in [5.41, 5.74) is 1.19. The van der Waals surface area contributed by atoms with Crippen LogP contribution >= 0.6 is 0 Å². The van der Waals surface area contributed by atoms with Crippen molar-refractivity contribution >= 4 is 5.96 Å². The summed E-state index contributed by atoms with van der Waals surface area (Å²) in [6, 6.07) is 8.00. The molecule has 1 heterocycles. The smallest absolute Gasteiger partial charge is 0.191 e. The fraction of sp³-hybridized carbons (Fsp3) is 0.533. The first kappa shape index (κ1) is 14.7. The molecule has 2 rings (SSSR count). The summed E-state index contributed by atoms with van der Waals surface area (Å²) in [6.45, 7) is 2.42. The molecule has 0 bridgehead atoms. The van der Waals surface area contributed by atoms with Crippen molar-refractivity contribution in [3.63, 3.8) is 0 Å². The second-order valence-corrected chi connectivity index (χ2v) is 4.79. The van der Waals surface area contributed by atoms with E-state index in [2.05, 4.69) is 15.6 Å². The van der Waals surface area contributed by atoms with Crippen molar-refractivity contribution in [1.29, 1.82) is 0 Å². The van der Waals surface area contributed by atoms with E-state index in [0.29, 0.717) is 6.10 Å². The van der Waals surface area contributed by atoms with Crippen molar-refractivity contribution in [3.05, 3.63) is 29.8 Å². The average Bonchev–Trinajstić information content (AvgIpc) is 3.01. The highest BCUT2D eigenvalue weighted by Gasteiger charge is 2.15. The van der Waals surface area contributed by atoms with Crippen LogP contribution in [-0.4, -0.2) is 39.4 Å². The molecule has 1 unspecified atom stereocenters. The van der Waals surface area contributed by atoms with Gasteiger partial charge >= 0.3 is 0 Å². The van der Waals surface area contributed by atoms with Crippen LogP contribution in [0.3, 0.4) is 0 Å². The topological polar surface area (TPSA) is 54.9 Å². The van der Waals surface area contributed by atoms with Crippen molar-refractivity contribution in [3.8, 4) is 5.75 Å². The molecule has 0 spiro atoms. The predicted octanol–water partition coefficient (Wildman–Crippen LogP) is 1.54. The van der Waals surface area contributed by atoms with Crippen LogP contribution in [0.2, 0.25) is 0 Å². The standard InChI is InChI=1S/C15H23N3O2/c1-16-15(18-11-14-4-3-9-20-14)17-10-12-5-7-13(19-2)8-6-12/h5-8,14H,3-4,9-11H2,1-2H3,(H2,16,17,18). The number of nitrogens with one attached hydrogen (secondary N) is 2. The number of guanidine groups is 1. The van der Waals surface area contributed by atoms with Gasteiger partial charge in [-0.1, -0.05) is 12.1 Å². The molecular formula is C15H23N3O2. The second-order valence-electron chi connectivity index (χ2n) is 4.79. The SMILES string of the molecule is CN=C(NCc1ccc(OC)cc1)NCC1CCCO1. The lowest BCUT2D eigenvalue weighted by Gasteiger charge is -2.15. The second kappa shape index (κ2) is 7.75. The van der Waals surface area contributed by atoms with Crippen LogP contribution in [0, 0.1) is 0 Å². The number of nitrogens with zero attached hydrogens (tertiary/aromatic N) is 1. The molecule has 1 aliphatic rings. The molecule has 1 aromatic carbocycles. The summed E-state index contributed by atoms with van der Waals surface area (Å²) in [4.78, 5) is 4.21. The molecule has 5 heteroatoms. The zero-order valence-electron chi connectivity index (χ0n) is 12.2. The van der Waals surface area contributed by atoms with Crippen LogP contribution in [0.15, 0.2) is 29.3 Å². The molecule has 20 heavy (non-hydrogen) atoms. The quantitative estimate of drug-likeness (QED) is 0.633. The Hall–Kier alpha value is -1.75. The van der Waals surface area contributed by atoms with Crippen molar-refractivity contribution in [1.82, 2.24) is 10.6 Å². The van der Waals surface area contributed by atoms with Crippen molar-refractivity contribution in [2.45, 2.75) is 25.5 Å². The Morgan fingerprint density at radius 2 is 2.15 bits per heavy atom. The van der Waals surface area contributed by atoms with Crippen LogP contribution in [0.1, 0.15) is 18.4 Å². The largest absolute Gasteiger partial charge is 0.497 e. The van der Waals surface area contributed by atoms with Gasteiger partial charge in [0, 0.05) is 26.7 Å². The first-order valence-electron chi connectivity index (χ1n) is 7.01. The highest BCUT2D eigenvalue weighted by Crippen LogP contribution is 2.11. The number of ether oxygens (including phenoxy) is 2. The number of methoxy groups -OCH3 is 1. The minimum absolute atomic E-state index is 0.314. The summed E-state index contributed by atoms with van der Waals surface area (Å²) in [6.07, 6.45) is 2.60. The van der Waals surface area contributed by atoms with E-state index in [1.54, 1.807) is 14.2 Å². The molecule has 0 amide bonds. The van der Waals surface area contributed by atoms with E-state index < -0.39 is 0 Å². The molecule has 1 aliphatic heterocycles. The molecule has 1 aromatic rings. The lowest BCUT2D eigenvalue weighted by molar-refractivity contribution is 0.114. The summed E-state index contributed by atoms with van der Waals surface area (Å²) >= 11 is 0. The third-order valence-electron chi connectivity index (χ3n) is 3.36. The molecule has 110 valence electrons. The minimum atomic E-state index is 0.314. The third-order valence-corrected chi connectivity index (χ3v) is 3.36. The van der Waals surface area contributed by atoms with E-state index in [4.69, 9.17) is 9.47 Å². The Bertz CT molecular complexity index is 425. The van der Waals surface area contributed by atoms with E-state index in [1.165, 1.54) is 5.56 Å². The number of hydrogen-bond donors (Lipinski definition) is 2. The number of aliphatic imine (C=N–C) groups is 1. The van der Waals surface area contributed by atoms with Gasteiger partial charge in [-0.3, -0.25) is 4.99 Å². The van der Waals surface area contributed by atoms with Gasteiger partial charge < -0.3 is 20.1 Å². The Balaban J connectivity index is 1.74. The van der Waals surface area contributed by atoms with Crippen LogP contribution in [-0.2, 0) is 11.3 Å². The third kappa shape index (κ3) is 4.42. The Labute approximate surface area is 120 Å². The molecule has 1 atom stereocenters. The van der Waals surface area contributed by atoms with Gasteiger partial charge in [-0.2, -0.15) is 0 Å². The van der Waals surface area contributed by atoms with E-state index in [0.717, 1.165) is 44.2 Å². The molecule has 0 saturated carbocycles. The maximum absolute atomic E-state index is 5.58. The highest BCUT2D eigenvalue weighted by atomic mass is 16.5. The zero-order valence-corrected chi connectivity index (χ0v) is 12.2. The lowest BCUT2D eigenvalue weighted by atomic mass is 10.2. The summed E-state index contributed by atoms with van der Waals surface area (Å²) < 4.78 is 10.7. The van der Waals surface area contributed by atoms with Crippen molar-refractivity contribution < 1.29 is 9.47 Å². The Kier molecular flexibility index (Phi) is 5.68. The van der Waals surface area contributed by atoms with Gasteiger partial charge in [0.25, 0.3) is 0 Å². The maximum Gasteiger partial charge on any atom is 0.191 e. The summed E-state index contributed by atoms with van der Waals surface area (Å²) in [5, 5.41) is 6.58. The molecule has 0 radical (unpaired) electrons. The molecule has 0 aromatic heterocycles. The zero-order chi connectivity index (χ0) is 14.2. The molecular weight excluding hydrogens is 254 g/mol. The first-order valence-corrected chi connectivity index (χ1v) is 7.01. The average molecular weight is 277 g/mol. The van der Waals surface area contributed by atoms with Gasteiger partial charge in [0.05, 0.1) is 13.2 Å². The van der Waals surface area contributed by atoms with Gasteiger partial charge in [0.2, 0.25) is 0 Å². The highest BCUT2D eigenvalue weighted by molar-refractivity contribution is 5.79. The van der Waals surface area contributed by atoms with Crippen LogP contribution in [0.4, 0.5) is 0 Å². The Morgan fingerprint density at radius 3 is 2.75 bits per heavy atom. The molecule has 1 saturated heterocycles. The minimum Gasteiger partial charge on any atom is -0.497 e. The fourth-order valence-electron chi connectivity index (χ4n) is 2.17. The molecule has 0 aliphatic carbocycles. The van der Waals surface area contributed by atoms with Crippen LogP contribution in [0.25, 0.3) is 0 Å². The number of rotatable bonds is 5. The van der Waals surface area contributed by atoms with Crippen molar-refractivity contribution in [2.24, 2.45) is 4.99 Å². The lowest BCUT2D eigenvalue weighted by Crippen LogP contribution is -2.40. The number of benzene rings is 1. The van der Waals surface area contributed by atoms with Gasteiger partial charge in [-0.05, 0) is 30.5 Å². The molecule has 5 nitrogen and oxygen atoms in total. The van der Waals surface area contributed by atoms with Gasteiger partial charge in [0.1, 0.15) is 5.75 Å². The van der Waals surface area contributed by atoms with Gasteiger partial charge in [-0.25, -0.2) is 0 Å². The first-order chi connectivity index (χ1) is 9.81. The number of hydrogen-bond acceptors (Lipinski definition) is 3. The molecule has 1 fully saturated rings. The van der Waals surface area contributed by atoms with Crippen molar-refractivity contribution in [2.75, 3.05) is 27.3 Å². The maximum atomic E-state index is 5.58. The van der Waals surface area contributed by atoms with Crippen LogP contribution < -0.4 is 15.4 Å². The van der Waals surface area contributed by atoms with Gasteiger partial charge in [-0.15, -0.1) is 0 Å². The summed E-state index contributed by atoms with van der Waals surface area (Å²) in [5.74, 6) is 1.67. The molecule has 2 N–H and O–H groups in total. The monoisotopic (exact) mass is 277 g/mol. The fourth-order valence-corrected chi connectivity index (χ4v) is 2.17. The Morgan fingerprint density at radius 1 is 1.35 bits per heavy atom. The van der Waals surface area contributed by atoms with Gasteiger partial charge in [0.15, 0.2) is 5.96 Å².